The Morgan fingerprint density at radius 2 is 2.50 bits per heavy atom. The summed E-state index contributed by atoms with van der Waals surface area (Å²) in [6.45, 7) is 0. The van der Waals surface area contributed by atoms with Gasteiger partial charge in [-0.15, -0.1) is 0 Å². The third-order valence-corrected chi connectivity index (χ3v) is 1.82. The van der Waals surface area contributed by atoms with Crippen molar-refractivity contribution in [3.8, 4) is 0 Å². The van der Waals surface area contributed by atoms with E-state index in [2.05, 4.69) is 9.71 Å². The highest BCUT2D eigenvalue weighted by Crippen LogP contribution is 2.03. The highest BCUT2D eigenvalue weighted by Gasteiger charge is 1.89. The maximum atomic E-state index is 4.16. The van der Waals surface area contributed by atoms with Crippen LogP contribution in [0.1, 0.15) is 5.69 Å². The van der Waals surface area contributed by atoms with Gasteiger partial charge in [0.15, 0.2) is 0 Å². The van der Waals surface area contributed by atoms with Crippen molar-refractivity contribution in [1.82, 2.24) is 9.71 Å². The Morgan fingerprint density at radius 1 is 1.60 bits per heavy atom. The van der Waals surface area contributed by atoms with Crippen molar-refractivity contribution in [1.29, 1.82) is 0 Å². The SMILES string of the molecule is CNSCc1ccccn1. The molecular weight excluding hydrogens is 144 g/mol. The van der Waals surface area contributed by atoms with E-state index in [1.807, 2.05) is 31.4 Å². The van der Waals surface area contributed by atoms with E-state index in [9.17, 15) is 0 Å². The predicted octanol–water partition coefficient (Wildman–Crippen LogP) is 1.45. The third-order valence-electron chi connectivity index (χ3n) is 1.09. The average Bonchev–Trinajstić information content (AvgIpc) is 2.03. The van der Waals surface area contributed by atoms with E-state index < -0.39 is 0 Å². The number of nitrogens with zero attached hydrogens (tertiary/aromatic N) is 1. The normalized spacial score (nSPS) is 9.70. The number of pyridine rings is 1. The van der Waals surface area contributed by atoms with Crippen LogP contribution >= 0.6 is 11.9 Å². The van der Waals surface area contributed by atoms with Crippen LogP contribution in [0.5, 0.6) is 0 Å². The smallest absolute Gasteiger partial charge is 0.0515 e. The monoisotopic (exact) mass is 154 g/mol. The third kappa shape index (κ3) is 2.37. The van der Waals surface area contributed by atoms with E-state index in [-0.39, 0.29) is 0 Å². The van der Waals surface area contributed by atoms with Gasteiger partial charge in [0.2, 0.25) is 0 Å². The fraction of sp³-hybridized carbons (Fsp3) is 0.286. The number of rotatable bonds is 3. The first-order valence-electron chi connectivity index (χ1n) is 3.12. The Hall–Kier alpha value is -0.540. The minimum Gasteiger partial charge on any atom is -0.267 e. The maximum Gasteiger partial charge on any atom is 0.0515 e. The summed E-state index contributed by atoms with van der Waals surface area (Å²) in [6.07, 6.45) is 1.81. The second-order valence-corrected chi connectivity index (χ2v) is 2.80. The van der Waals surface area contributed by atoms with Crippen molar-refractivity contribution in [3.05, 3.63) is 30.1 Å². The summed E-state index contributed by atoms with van der Waals surface area (Å²) < 4.78 is 2.99. The number of hydrogen-bond acceptors (Lipinski definition) is 3. The van der Waals surface area contributed by atoms with Crippen LogP contribution in [0.3, 0.4) is 0 Å². The summed E-state index contributed by atoms with van der Waals surface area (Å²) in [5.74, 6) is 0.928. The Bertz CT molecular complexity index is 176. The Balaban J connectivity index is 2.43. The predicted molar refractivity (Wildman–Crippen MR) is 44.6 cm³/mol. The number of nitrogens with one attached hydrogen (secondary N) is 1. The molecule has 0 aliphatic carbocycles. The lowest BCUT2D eigenvalue weighted by atomic mass is 10.4. The van der Waals surface area contributed by atoms with Crippen LogP contribution in [0.15, 0.2) is 24.4 Å². The maximum absolute atomic E-state index is 4.16. The van der Waals surface area contributed by atoms with Crippen molar-refractivity contribution in [3.63, 3.8) is 0 Å². The molecule has 1 rings (SSSR count). The van der Waals surface area contributed by atoms with Gasteiger partial charge < -0.3 is 0 Å². The molecule has 0 spiro atoms. The first kappa shape index (κ1) is 7.57. The lowest BCUT2D eigenvalue weighted by Crippen LogP contribution is -1.93. The quantitative estimate of drug-likeness (QED) is 0.667. The van der Waals surface area contributed by atoms with Crippen LogP contribution in [0, 0.1) is 0 Å². The molecule has 0 radical (unpaired) electrons. The largest absolute Gasteiger partial charge is 0.267 e. The molecule has 10 heavy (non-hydrogen) atoms. The minimum atomic E-state index is 0.928. The van der Waals surface area contributed by atoms with Crippen LogP contribution in [0.4, 0.5) is 0 Å². The lowest BCUT2D eigenvalue weighted by molar-refractivity contribution is 1.16. The van der Waals surface area contributed by atoms with Gasteiger partial charge in [-0.25, -0.2) is 0 Å². The second-order valence-electron chi connectivity index (χ2n) is 1.81. The van der Waals surface area contributed by atoms with Crippen molar-refractivity contribution < 1.29 is 0 Å². The van der Waals surface area contributed by atoms with Gasteiger partial charge in [-0.05, 0) is 19.2 Å². The standard InChI is InChI=1S/C7H10N2S/c1-8-10-6-7-4-2-3-5-9-7/h2-5,8H,6H2,1H3. The van der Waals surface area contributed by atoms with Gasteiger partial charge >= 0.3 is 0 Å². The molecule has 0 fully saturated rings. The summed E-state index contributed by atoms with van der Waals surface area (Å²) in [6, 6.07) is 5.94. The fourth-order valence-electron chi connectivity index (χ4n) is 0.630. The zero-order valence-corrected chi connectivity index (χ0v) is 6.69. The van der Waals surface area contributed by atoms with Gasteiger partial charge in [0.25, 0.3) is 0 Å². The fourth-order valence-corrected chi connectivity index (χ4v) is 1.09. The molecule has 54 valence electrons. The summed E-state index contributed by atoms with van der Waals surface area (Å²) in [7, 11) is 1.91. The highest BCUT2D eigenvalue weighted by atomic mass is 32.2. The Labute approximate surface area is 65.2 Å². The van der Waals surface area contributed by atoms with Crippen molar-refractivity contribution in [2.45, 2.75) is 5.75 Å². The molecule has 0 aromatic carbocycles. The first-order chi connectivity index (χ1) is 4.93. The van der Waals surface area contributed by atoms with Crippen LogP contribution in [-0.2, 0) is 5.75 Å². The zero-order valence-electron chi connectivity index (χ0n) is 5.87. The van der Waals surface area contributed by atoms with Gasteiger partial charge in [-0.3, -0.25) is 9.71 Å². The molecule has 1 N–H and O–H groups in total. The average molecular weight is 154 g/mol. The van der Waals surface area contributed by atoms with E-state index in [0.717, 1.165) is 11.4 Å². The molecule has 0 aliphatic heterocycles. The van der Waals surface area contributed by atoms with Gasteiger partial charge in [-0.2, -0.15) is 0 Å². The van der Waals surface area contributed by atoms with E-state index >= 15 is 0 Å². The van der Waals surface area contributed by atoms with Crippen molar-refractivity contribution in [2.75, 3.05) is 7.05 Å². The molecule has 0 atom stereocenters. The molecule has 3 heteroatoms. The minimum absolute atomic E-state index is 0.928. The molecule has 0 saturated carbocycles. The number of hydrogen-bond donors (Lipinski definition) is 1. The molecule has 0 bridgehead atoms. The summed E-state index contributed by atoms with van der Waals surface area (Å²) in [5, 5.41) is 0. The molecule has 0 unspecified atom stereocenters. The molecule has 0 amide bonds. The Kier molecular flexibility index (Phi) is 3.26. The summed E-state index contributed by atoms with van der Waals surface area (Å²) in [5.41, 5.74) is 1.11. The zero-order chi connectivity index (χ0) is 7.23. The van der Waals surface area contributed by atoms with Gasteiger partial charge in [0, 0.05) is 6.20 Å². The molecule has 2 nitrogen and oxygen atoms in total. The summed E-state index contributed by atoms with van der Waals surface area (Å²) in [4.78, 5) is 4.16. The van der Waals surface area contributed by atoms with Crippen LogP contribution in [0.2, 0.25) is 0 Å². The van der Waals surface area contributed by atoms with E-state index in [1.54, 1.807) is 11.9 Å². The molecular formula is C7H10N2S. The molecule has 1 aromatic heterocycles. The van der Waals surface area contributed by atoms with Gasteiger partial charge in [0.05, 0.1) is 11.4 Å². The highest BCUT2D eigenvalue weighted by molar-refractivity contribution is 7.96. The summed E-state index contributed by atoms with van der Waals surface area (Å²) >= 11 is 1.65. The van der Waals surface area contributed by atoms with Crippen LogP contribution in [0.25, 0.3) is 0 Å². The van der Waals surface area contributed by atoms with E-state index in [0.29, 0.717) is 0 Å². The second kappa shape index (κ2) is 4.30. The Morgan fingerprint density at radius 3 is 3.10 bits per heavy atom. The molecule has 1 heterocycles. The molecule has 0 saturated heterocycles. The molecule has 1 aromatic rings. The van der Waals surface area contributed by atoms with E-state index in [1.165, 1.54) is 0 Å². The first-order valence-corrected chi connectivity index (χ1v) is 4.10. The van der Waals surface area contributed by atoms with Crippen LogP contribution < -0.4 is 4.72 Å². The topological polar surface area (TPSA) is 24.9 Å². The lowest BCUT2D eigenvalue weighted by Gasteiger charge is -1.96. The van der Waals surface area contributed by atoms with E-state index in [4.69, 9.17) is 0 Å². The number of aromatic nitrogens is 1. The van der Waals surface area contributed by atoms with Crippen LogP contribution in [-0.4, -0.2) is 12.0 Å². The molecule has 0 aliphatic rings. The van der Waals surface area contributed by atoms with Crippen molar-refractivity contribution >= 4 is 11.9 Å². The van der Waals surface area contributed by atoms with Gasteiger partial charge in [-0.1, -0.05) is 18.0 Å². The van der Waals surface area contributed by atoms with Crippen molar-refractivity contribution in [2.24, 2.45) is 0 Å². The van der Waals surface area contributed by atoms with Gasteiger partial charge in [0.1, 0.15) is 0 Å².